The largest absolute Gasteiger partial charge is 0.427 e. The van der Waals surface area contributed by atoms with Crippen molar-refractivity contribution in [3.05, 3.63) is 46.5 Å². The third-order valence-electron chi connectivity index (χ3n) is 10.2. The molecule has 5 unspecified atom stereocenters. The van der Waals surface area contributed by atoms with Crippen LogP contribution >= 0.6 is 0 Å². The van der Waals surface area contributed by atoms with Gasteiger partial charge in [-0.1, -0.05) is 32.8 Å². The predicted molar refractivity (Wildman–Crippen MR) is 134 cm³/mol. The SMILES string of the molecule is CCC1(C=C2OC(=O)C3=C2CCC2C4C=C5C(=O)OC(=CCC(C)CNC)C5(CC4)C32)CCCC1. The molecule has 5 nitrogen and oxygen atoms in total. The van der Waals surface area contributed by atoms with E-state index >= 15 is 0 Å². The fourth-order valence-electron chi connectivity index (χ4n) is 8.39. The summed E-state index contributed by atoms with van der Waals surface area (Å²) in [6, 6.07) is 0. The number of hydrogen-bond donors (Lipinski definition) is 1. The number of nitrogens with one attached hydrogen (secondary N) is 1. The maximum atomic E-state index is 13.5. The lowest BCUT2D eigenvalue weighted by atomic mass is 9.47. The predicted octanol–water partition coefficient (Wildman–Crippen LogP) is 5.74. The van der Waals surface area contributed by atoms with Crippen molar-refractivity contribution < 1.29 is 19.1 Å². The molecule has 2 saturated carbocycles. The number of allylic oxidation sites excluding steroid dienone is 5. The number of carbonyl (C=O) groups excluding carboxylic acids is 2. The van der Waals surface area contributed by atoms with Gasteiger partial charge in [0.15, 0.2) is 0 Å². The Bertz CT molecular complexity index is 1070. The molecule has 188 valence electrons. The van der Waals surface area contributed by atoms with Crippen LogP contribution < -0.4 is 5.32 Å². The molecule has 3 fully saturated rings. The van der Waals surface area contributed by atoms with E-state index < -0.39 is 5.41 Å². The standard InChI is InChI=1S/C30H39NO4/c1-4-29(12-5-6-13-29)16-23-21-9-8-20-19-11-14-30(26(20)25(21)28(33)34-23)22(15-19)27(32)35-24(30)10-7-18(2)17-31-3/h10,15-16,18-20,26,31H,4-9,11-14,17H2,1-3H3. The zero-order chi connectivity index (χ0) is 24.4. The van der Waals surface area contributed by atoms with Crippen LogP contribution in [0.3, 0.4) is 0 Å². The van der Waals surface area contributed by atoms with Crippen LogP contribution in [0.15, 0.2) is 46.5 Å². The summed E-state index contributed by atoms with van der Waals surface area (Å²) in [6.45, 7) is 5.38. The molecule has 1 N–H and O–H groups in total. The minimum Gasteiger partial charge on any atom is -0.427 e. The van der Waals surface area contributed by atoms with Crippen molar-refractivity contribution >= 4 is 11.9 Å². The summed E-state index contributed by atoms with van der Waals surface area (Å²) in [5.74, 6) is 2.40. The lowest BCUT2D eigenvalue weighted by molar-refractivity contribution is -0.135. The normalized spacial score (nSPS) is 37.8. The maximum absolute atomic E-state index is 13.5. The highest BCUT2D eigenvalue weighted by molar-refractivity contribution is 5.99. The van der Waals surface area contributed by atoms with Crippen LogP contribution in [0.5, 0.6) is 0 Å². The third-order valence-corrected chi connectivity index (χ3v) is 10.2. The second-order valence-electron chi connectivity index (χ2n) is 12.0. The highest BCUT2D eigenvalue weighted by Gasteiger charge is 2.66. The van der Waals surface area contributed by atoms with Crippen molar-refractivity contribution in [3.8, 4) is 0 Å². The van der Waals surface area contributed by atoms with Gasteiger partial charge in [-0.3, -0.25) is 0 Å². The van der Waals surface area contributed by atoms with Crippen LogP contribution in [0.4, 0.5) is 0 Å². The molecule has 2 aliphatic heterocycles. The molecule has 7 rings (SSSR count). The van der Waals surface area contributed by atoms with Crippen molar-refractivity contribution in [2.24, 2.45) is 34.5 Å². The molecule has 5 atom stereocenters. The number of carbonyl (C=O) groups is 2. The molecule has 5 aliphatic carbocycles. The average Bonchev–Trinajstić information content (AvgIpc) is 3.54. The minimum absolute atomic E-state index is 0.0122. The molecule has 1 spiro atoms. The van der Waals surface area contributed by atoms with Crippen molar-refractivity contribution in [2.45, 2.75) is 78.1 Å². The van der Waals surface area contributed by atoms with Gasteiger partial charge in [0, 0.05) is 22.6 Å². The van der Waals surface area contributed by atoms with Crippen molar-refractivity contribution in [1.82, 2.24) is 5.32 Å². The summed E-state index contributed by atoms with van der Waals surface area (Å²) >= 11 is 0. The molecule has 2 heterocycles. The first-order chi connectivity index (χ1) is 16.9. The highest BCUT2D eigenvalue weighted by atomic mass is 16.5. The Morgan fingerprint density at radius 1 is 1.14 bits per heavy atom. The Labute approximate surface area is 209 Å². The van der Waals surface area contributed by atoms with Crippen LogP contribution in [0.25, 0.3) is 0 Å². The summed E-state index contributed by atoms with van der Waals surface area (Å²) in [5.41, 5.74) is 2.45. The molecule has 5 heteroatoms. The van der Waals surface area contributed by atoms with Gasteiger partial charge in [-0.15, -0.1) is 0 Å². The number of ether oxygens (including phenoxy) is 2. The summed E-state index contributed by atoms with van der Waals surface area (Å²) in [4.78, 5) is 26.7. The molecule has 0 aromatic carbocycles. The van der Waals surface area contributed by atoms with Gasteiger partial charge in [0.2, 0.25) is 0 Å². The van der Waals surface area contributed by atoms with E-state index in [-0.39, 0.29) is 23.3 Å². The van der Waals surface area contributed by atoms with Crippen LogP contribution in [0, 0.1) is 34.5 Å². The first kappa shape index (κ1) is 23.3. The quantitative estimate of drug-likeness (QED) is 0.494. The zero-order valence-electron chi connectivity index (χ0n) is 21.5. The number of hydrogen-bond acceptors (Lipinski definition) is 5. The molecule has 0 aromatic heterocycles. The summed E-state index contributed by atoms with van der Waals surface area (Å²) in [6.07, 6.45) is 17.3. The zero-order valence-corrected chi connectivity index (χ0v) is 21.5. The van der Waals surface area contributed by atoms with Gasteiger partial charge in [-0.05, 0) is 100 Å². The average molecular weight is 478 g/mol. The Morgan fingerprint density at radius 3 is 2.69 bits per heavy atom. The van der Waals surface area contributed by atoms with Crippen molar-refractivity contribution in [1.29, 1.82) is 0 Å². The topological polar surface area (TPSA) is 64.6 Å². The van der Waals surface area contributed by atoms with Gasteiger partial charge in [0.05, 0.1) is 5.41 Å². The minimum atomic E-state index is -0.499. The Hall–Kier alpha value is -2.14. The van der Waals surface area contributed by atoms with E-state index in [1.165, 1.54) is 25.7 Å². The van der Waals surface area contributed by atoms with E-state index in [4.69, 9.17) is 9.47 Å². The molecular formula is C30H39NO4. The highest BCUT2D eigenvalue weighted by Crippen LogP contribution is 2.68. The Balaban J connectivity index is 1.44. The van der Waals surface area contributed by atoms with Crippen molar-refractivity contribution in [3.63, 3.8) is 0 Å². The summed E-state index contributed by atoms with van der Waals surface area (Å²) in [5, 5.41) is 3.24. The van der Waals surface area contributed by atoms with E-state index in [0.29, 0.717) is 17.8 Å². The number of esters is 2. The second-order valence-corrected chi connectivity index (χ2v) is 12.0. The number of fused-ring (bicyclic) bond motifs is 1. The van der Waals surface area contributed by atoms with E-state index in [2.05, 4.69) is 37.4 Å². The maximum Gasteiger partial charge on any atom is 0.340 e. The molecule has 0 aromatic rings. The van der Waals surface area contributed by atoms with Crippen LogP contribution in [-0.2, 0) is 19.1 Å². The number of rotatable bonds is 6. The molecule has 0 amide bonds. The summed E-state index contributed by atoms with van der Waals surface area (Å²) < 4.78 is 12.1. The third kappa shape index (κ3) is 3.37. The van der Waals surface area contributed by atoms with Crippen molar-refractivity contribution in [2.75, 3.05) is 13.6 Å². The molecule has 35 heavy (non-hydrogen) atoms. The molecule has 2 bridgehead atoms. The lowest BCUT2D eigenvalue weighted by Crippen LogP contribution is -2.50. The van der Waals surface area contributed by atoms with Gasteiger partial charge in [-0.25, -0.2) is 9.59 Å². The fourth-order valence-corrected chi connectivity index (χ4v) is 8.39. The van der Waals surface area contributed by atoms with Gasteiger partial charge in [0.25, 0.3) is 0 Å². The molecule has 1 saturated heterocycles. The van der Waals surface area contributed by atoms with E-state index in [9.17, 15) is 9.59 Å². The Morgan fingerprint density at radius 2 is 1.94 bits per heavy atom. The van der Waals surface area contributed by atoms with E-state index in [1.807, 2.05) is 7.05 Å². The van der Waals surface area contributed by atoms with Gasteiger partial charge < -0.3 is 14.8 Å². The fraction of sp³-hybridized carbons (Fsp3) is 0.667. The molecule has 0 radical (unpaired) electrons. The first-order valence-corrected chi connectivity index (χ1v) is 13.9. The first-order valence-electron chi connectivity index (χ1n) is 13.9. The molecular weight excluding hydrogens is 438 g/mol. The molecule has 7 aliphatic rings. The number of cyclic esters (lactones) is 2. The van der Waals surface area contributed by atoms with E-state index in [0.717, 1.165) is 73.3 Å². The summed E-state index contributed by atoms with van der Waals surface area (Å²) in [7, 11) is 1.97. The van der Waals surface area contributed by atoms with Crippen LogP contribution in [-0.4, -0.2) is 25.5 Å². The lowest BCUT2D eigenvalue weighted by Gasteiger charge is -2.54. The van der Waals surface area contributed by atoms with Gasteiger partial charge in [-0.2, -0.15) is 0 Å². The second kappa shape index (κ2) is 8.47. The smallest absolute Gasteiger partial charge is 0.340 e. The van der Waals surface area contributed by atoms with E-state index in [1.54, 1.807) is 0 Å². The Kier molecular flexibility index (Phi) is 5.63. The van der Waals surface area contributed by atoms with Gasteiger partial charge >= 0.3 is 11.9 Å². The van der Waals surface area contributed by atoms with Gasteiger partial charge in [0.1, 0.15) is 11.5 Å². The van der Waals surface area contributed by atoms with Crippen LogP contribution in [0.2, 0.25) is 0 Å². The monoisotopic (exact) mass is 477 g/mol. The van der Waals surface area contributed by atoms with Crippen LogP contribution in [0.1, 0.15) is 78.1 Å².